The molecule has 1 aliphatic heterocycles. The van der Waals surface area contributed by atoms with E-state index in [-0.39, 0.29) is 23.3 Å². The van der Waals surface area contributed by atoms with Crippen LogP contribution in [0.25, 0.3) is 0 Å². The Bertz CT molecular complexity index is 727. The summed E-state index contributed by atoms with van der Waals surface area (Å²) in [5, 5.41) is 21.4. The van der Waals surface area contributed by atoms with Gasteiger partial charge in [0.1, 0.15) is 0 Å². The number of piperidine rings is 1. The van der Waals surface area contributed by atoms with Crippen molar-refractivity contribution in [1.29, 1.82) is 5.26 Å². The average Bonchev–Trinajstić information content (AvgIpc) is 2.79. The van der Waals surface area contributed by atoms with E-state index in [1.165, 1.54) is 5.56 Å². The van der Waals surface area contributed by atoms with Crippen molar-refractivity contribution in [3.63, 3.8) is 0 Å². The second-order valence-corrected chi connectivity index (χ2v) is 8.12. The molecule has 7 nitrogen and oxygen atoms in total. The Hall–Kier alpha value is -2.59. The zero-order chi connectivity index (χ0) is 20.5. The molecule has 1 heterocycles. The third-order valence-electron chi connectivity index (χ3n) is 6.38. The van der Waals surface area contributed by atoms with E-state index in [0.29, 0.717) is 12.5 Å². The van der Waals surface area contributed by atoms with Crippen LogP contribution < -0.4 is 21.3 Å². The molecule has 2 aliphatic rings. The Morgan fingerprint density at radius 3 is 2.52 bits per heavy atom. The quantitative estimate of drug-likeness (QED) is 0.262. The minimum Gasteiger partial charge on any atom is -0.355 e. The number of nitriles is 1. The van der Waals surface area contributed by atoms with Crippen LogP contribution in [0.3, 0.4) is 0 Å². The monoisotopic (exact) mass is 396 g/mol. The molecule has 0 spiro atoms. The highest BCUT2D eigenvalue weighted by Crippen LogP contribution is 2.39. The number of aliphatic imine (C=N–C) groups is 1. The summed E-state index contributed by atoms with van der Waals surface area (Å²) in [6.07, 6.45) is 7.63. The summed E-state index contributed by atoms with van der Waals surface area (Å²) in [4.78, 5) is 16.8. The van der Waals surface area contributed by atoms with Gasteiger partial charge in [-0.1, -0.05) is 30.3 Å². The van der Waals surface area contributed by atoms with Gasteiger partial charge in [0, 0.05) is 31.0 Å². The molecular formula is C22H32N6O. The second-order valence-electron chi connectivity index (χ2n) is 8.12. The predicted molar refractivity (Wildman–Crippen MR) is 114 cm³/mol. The van der Waals surface area contributed by atoms with E-state index in [1.807, 2.05) is 12.3 Å². The van der Waals surface area contributed by atoms with E-state index in [2.05, 4.69) is 50.5 Å². The van der Waals surface area contributed by atoms with Crippen molar-refractivity contribution in [2.45, 2.75) is 50.0 Å². The van der Waals surface area contributed by atoms with Gasteiger partial charge in [-0.05, 0) is 57.2 Å². The number of amides is 1. The molecule has 0 atom stereocenters. The topological polar surface area (TPSA) is 101 Å². The Morgan fingerprint density at radius 2 is 1.90 bits per heavy atom. The molecule has 1 aliphatic carbocycles. The molecule has 0 aromatic heterocycles. The summed E-state index contributed by atoms with van der Waals surface area (Å²) in [6, 6.07) is 10.8. The van der Waals surface area contributed by atoms with Gasteiger partial charge in [-0.3, -0.25) is 15.1 Å². The number of carbonyl (C=O) groups excluding carboxylic acids is 1. The summed E-state index contributed by atoms with van der Waals surface area (Å²) in [5.74, 6) is 0.840. The third kappa shape index (κ3) is 5.48. The van der Waals surface area contributed by atoms with Crippen LogP contribution >= 0.6 is 0 Å². The predicted octanol–water partition coefficient (Wildman–Crippen LogP) is 1.63. The van der Waals surface area contributed by atoms with Gasteiger partial charge in [-0.2, -0.15) is 5.26 Å². The standard InChI is InChI=1S/C22H32N6O/c1-24-21(27-16-23)28-19-7-11-22(12-8-19,18-5-3-2-4-6-18)15-26-20(29)17-9-13-25-14-10-17/h2-6,17,19,25H,7-15H2,1H3,(H,26,29)(H2,24,27,28). The molecule has 1 amide bonds. The SMILES string of the molecule is CN=C(NC#N)NC1CCC(CNC(=O)C2CCNCC2)(c2ccccc2)CC1. The van der Waals surface area contributed by atoms with E-state index in [4.69, 9.17) is 5.26 Å². The molecule has 3 rings (SSSR count). The molecule has 156 valence electrons. The first-order chi connectivity index (χ1) is 14.2. The minimum absolute atomic E-state index is 0.0474. The molecule has 0 radical (unpaired) electrons. The lowest BCUT2D eigenvalue weighted by Crippen LogP contribution is -2.50. The lowest BCUT2D eigenvalue weighted by molar-refractivity contribution is -0.126. The first-order valence-corrected chi connectivity index (χ1v) is 10.6. The molecule has 1 aromatic rings. The minimum atomic E-state index is -0.0474. The number of carbonyl (C=O) groups is 1. The van der Waals surface area contributed by atoms with Crippen molar-refractivity contribution >= 4 is 11.9 Å². The van der Waals surface area contributed by atoms with E-state index in [1.54, 1.807) is 7.05 Å². The van der Waals surface area contributed by atoms with Gasteiger partial charge in [0.2, 0.25) is 11.9 Å². The van der Waals surface area contributed by atoms with Crippen LogP contribution in [0.4, 0.5) is 0 Å². The fraction of sp³-hybridized carbons (Fsp3) is 0.591. The van der Waals surface area contributed by atoms with Gasteiger partial charge in [0.15, 0.2) is 6.19 Å². The maximum Gasteiger partial charge on any atom is 0.223 e. The lowest BCUT2D eigenvalue weighted by Gasteiger charge is -2.41. The molecule has 29 heavy (non-hydrogen) atoms. The van der Waals surface area contributed by atoms with Crippen molar-refractivity contribution in [2.24, 2.45) is 10.9 Å². The van der Waals surface area contributed by atoms with Crippen molar-refractivity contribution in [1.82, 2.24) is 21.3 Å². The zero-order valence-corrected chi connectivity index (χ0v) is 17.2. The molecule has 1 saturated heterocycles. The first-order valence-electron chi connectivity index (χ1n) is 10.6. The van der Waals surface area contributed by atoms with Crippen LogP contribution in [0.1, 0.15) is 44.1 Å². The molecule has 0 unspecified atom stereocenters. The molecule has 0 bridgehead atoms. The van der Waals surface area contributed by atoms with Crippen LogP contribution in [-0.2, 0) is 10.2 Å². The molecule has 4 N–H and O–H groups in total. The maximum absolute atomic E-state index is 12.7. The number of guanidine groups is 1. The highest BCUT2D eigenvalue weighted by Gasteiger charge is 2.38. The van der Waals surface area contributed by atoms with Crippen molar-refractivity contribution in [2.75, 3.05) is 26.7 Å². The first kappa shape index (κ1) is 21.1. The second kappa shape index (κ2) is 10.3. The summed E-state index contributed by atoms with van der Waals surface area (Å²) in [7, 11) is 1.67. The average molecular weight is 397 g/mol. The fourth-order valence-corrected chi connectivity index (χ4v) is 4.56. The number of nitrogens with zero attached hydrogens (tertiary/aromatic N) is 2. The van der Waals surface area contributed by atoms with Gasteiger partial charge in [-0.15, -0.1) is 0 Å². The smallest absolute Gasteiger partial charge is 0.223 e. The van der Waals surface area contributed by atoms with Crippen molar-refractivity contribution < 1.29 is 4.79 Å². The van der Waals surface area contributed by atoms with Gasteiger partial charge < -0.3 is 16.0 Å². The van der Waals surface area contributed by atoms with E-state index < -0.39 is 0 Å². The highest BCUT2D eigenvalue weighted by molar-refractivity contribution is 5.81. The number of nitrogens with one attached hydrogen (secondary N) is 4. The van der Waals surface area contributed by atoms with E-state index >= 15 is 0 Å². The molecule has 1 saturated carbocycles. The van der Waals surface area contributed by atoms with Gasteiger partial charge in [0.05, 0.1) is 0 Å². The lowest BCUT2D eigenvalue weighted by atomic mass is 9.68. The summed E-state index contributed by atoms with van der Waals surface area (Å²) in [5.41, 5.74) is 1.25. The Morgan fingerprint density at radius 1 is 1.21 bits per heavy atom. The van der Waals surface area contributed by atoms with Crippen LogP contribution in [0.5, 0.6) is 0 Å². The number of hydrogen-bond acceptors (Lipinski definition) is 4. The van der Waals surface area contributed by atoms with E-state index in [0.717, 1.165) is 51.6 Å². The molecule has 2 fully saturated rings. The molecule has 1 aromatic carbocycles. The summed E-state index contributed by atoms with van der Waals surface area (Å²) < 4.78 is 0. The Kier molecular flexibility index (Phi) is 7.48. The van der Waals surface area contributed by atoms with Gasteiger partial charge in [0.25, 0.3) is 0 Å². The summed E-state index contributed by atoms with van der Waals surface area (Å²) in [6.45, 7) is 2.53. The number of benzene rings is 1. The Labute approximate surface area is 173 Å². The van der Waals surface area contributed by atoms with Gasteiger partial charge >= 0.3 is 0 Å². The van der Waals surface area contributed by atoms with Crippen LogP contribution in [0.15, 0.2) is 35.3 Å². The number of rotatable bonds is 5. The van der Waals surface area contributed by atoms with Gasteiger partial charge in [-0.25, -0.2) is 0 Å². The third-order valence-corrected chi connectivity index (χ3v) is 6.38. The van der Waals surface area contributed by atoms with Crippen LogP contribution in [0.2, 0.25) is 0 Å². The van der Waals surface area contributed by atoms with Crippen LogP contribution in [0, 0.1) is 17.4 Å². The summed E-state index contributed by atoms with van der Waals surface area (Å²) >= 11 is 0. The normalized spacial score (nSPS) is 25.7. The molecule has 7 heteroatoms. The fourth-order valence-electron chi connectivity index (χ4n) is 4.56. The zero-order valence-electron chi connectivity index (χ0n) is 17.2. The van der Waals surface area contributed by atoms with Crippen molar-refractivity contribution in [3.8, 4) is 6.19 Å². The van der Waals surface area contributed by atoms with E-state index in [9.17, 15) is 4.79 Å². The number of hydrogen-bond donors (Lipinski definition) is 4. The van der Waals surface area contributed by atoms with Crippen molar-refractivity contribution in [3.05, 3.63) is 35.9 Å². The highest BCUT2D eigenvalue weighted by atomic mass is 16.1. The maximum atomic E-state index is 12.7. The van der Waals surface area contributed by atoms with Crippen LogP contribution in [-0.4, -0.2) is 44.6 Å². The molecular weight excluding hydrogens is 364 g/mol. The largest absolute Gasteiger partial charge is 0.355 e. The Balaban J connectivity index is 1.65.